The lowest BCUT2D eigenvalue weighted by Gasteiger charge is -2.27. The van der Waals surface area contributed by atoms with Crippen molar-refractivity contribution >= 4 is 81.3 Å². The lowest BCUT2D eigenvalue weighted by Crippen LogP contribution is -2.31. The van der Waals surface area contributed by atoms with Gasteiger partial charge in [-0.1, -0.05) is 23.2 Å². The fourth-order valence-corrected chi connectivity index (χ4v) is 4.81. The van der Waals surface area contributed by atoms with Gasteiger partial charge < -0.3 is 0 Å². The Morgan fingerprint density at radius 1 is 1.03 bits per heavy atom. The summed E-state index contributed by atoms with van der Waals surface area (Å²) in [4.78, 5) is 7.90. The first kappa shape index (κ1) is 30.6. The molecule has 2 fully saturated rings. The van der Waals surface area contributed by atoms with E-state index in [9.17, 15) is 16.8 Å². The molecule has 8 nitrogen and oxygen atoms in total. The van der Waals surface area contributed by atoms with Crippen molar-refractivity contribution in [3.05, 3.63) is 55.4 Å². The van der Waals surface area contributed by atoms with E-state index in [4.69, 9.17) is 23.2 Å². The van der Waals surface area contributed by atoms with Crippen LogP contribution in [0.4, 0.5) is 0 Å². The van der Waals surface area contributed by atoms with Crippen LogP contribution in [0.2, 0.25) is 10.0 Å². The van der Waals surface area contributed by atoms with Crippen molar-refractivity contribution < 1.29 is 16.8 Å². The van der Waals surface area contributed by atoms with E-state index in [1.54, 1.807) is 37.9 Å². The highest BCUT2D eigenvalue weighted by molar-refractivity contribution is 9.10. The second-order valence-electron chi connectivity index (χ2n) is 8.20. The molecular formula is C21H26Br2Cl2N4O4S2. The number of rotatable bonds is 6. The Morgan fingerprint density at radius 3 is 2.06 bits per heavy atom. The zero-order valence-electron chi connectivity index (χ0n) is 19.3. The smallest absolute Gasteiger partial charge is 0.249 e. The normalized spacial score (nSPS) is 16.8. The quantitative estimate of drug-likeness (QED) is 0.356. The maximum absolute atomic E-state index is 11.7. The van der Waals surface area contributed by atoms with E-state index >= 15 is 0 Å². The highest BCUT2D eigenvalue weighted by atomic mass is 79.9. The van der Waals surface area contributed by atoms with Crippen LogP contribution >= 0.6 is 55.1 Å². The standard InChI is InChI=1S/C11H14BrClN2O2S.C5H3BrClN.C5H9NO2S/c1-15(18(2,16)17)11(7-3-4-7)8-5-14-6-9(12)10(8)13;6-4-3-8-2-1-5(4)7;1-9(7,8)6-4-5-2-3-5/h5-7,11H,3-4H2,1-2H3;1-3H;4-5H,2-3H2,1H3. The van der Waals surface area contributed by atoms with Crippen molar-refractivity contribution in [3.8, 4) is 0 Å². The molecule has 2 aromatic heterocycles. The first-order valence-corrected chi connectivity index (χ1v) is 16.5. The summed E-state index contributed by atoms with van der Waals surface area (Å²) in [5.41, 5.74) is 0.765. The lowest BCUT2D eigenvalue weighted by atomic mass is 10.0. The molecule has 0 saturated heterocycles. The molecule has 0 N–H and O–H groups in total. The van der Waals surface area contributed by atoms with E-state index in [2.05, 4.69) is 46.2 Å². The number of aromatic nitrogens is 2. The van der Waals surface area contributed by atoms with Gasteiger partial charge >= 0.3 is 0 Å². The third-order valence-corrected chi connectivity index (χ3v) is 9.19. The van der Waals surface area contributed by atoms with Crippen molar-refractivity contribution in [2.45, 2.75) is 31.7 Å². The Kier molecular flexibility index (Phi) is 11.6. The summed E-state index contributed by atoms with van der Waals surface area (Å²) in [5, 5.41) is 1.23. The van der Waals surface area contributed by atoms with Gasteiger partial charge in [0.2, 0.25) is 20.0 Å². The molecule has 2 heterocycles. The maximum Gasteiger partial charge on any atom is 0.249 e. The van der Waals surface area contributed by atoms with Crippen molar-refractivity contribution in [2.75, 3.05) is 19.6 Å². The maximum atomic E-state index is 11.7. The minimum atomic E-state index is -3.25. The summed E-state index contributed by atoms with van der Waals surface area (Å²) >= 11 is 18.4. The van der Waals surface area contributed by atoms with E-state index in [1.807, 2.05) is 0 Å². The summed E-state index contributed by atoms with van der Waals surface area (Å²) in [6.45, 7) is 0. The number of pyridine rings is 2. The summed E-state index contributed by atoms with van der Waals surface area (Å²) in [7, 11) is -4.77. The van der Waals surface area contributed by atoms with Gasteiger partial charge in [0.25, 0.3) is 0 Å². The van der Waals surface area contributed by atoms with Gasteiger partial charge in [-0.05, 0) is 75.4 Å². The van der Waals surface area contributed by atoms with Gasteiger partial charge in [-0.15, -0.1) is 0 Å². The van der Waals surface area contributed by atoms with Crippen molar-refractivity contribution in [2.24, 2.45) is 16.2 Å². The van der Waals surface area contributed by atoms with Gasteiger partial charge in [0, 0.05) is 43.6 Å². The number of hydrogen-bond acceptors (Lipinski definition) is 6. The third kappa shape index (κ3) is 11.1. The first-order chi connectivity index (χ1) is 16.2. The molecule has 14 heteroatoms. The summed E-state index contributed by atoms with van der Waals surface area (Å²) in [6.07, 6.45) is 14.6. The Hall–Kier alpha value is -0.630. The first-order valence-electron chi connectivity index (χ1n) is 10.4. The number of nitrogens with zero attached hydrogens (tertiary/aromatic N) is 4. The van der Waals surface area contributed by atoms with Crippen LogP contribution in [0, 0.1) is 11.8 Å². The van der Waals surface area contributed by atoms with E-state index in [-0.39, 0.29) is 6.04 Å². The molecule has 194 valence electrons. The average molecular weight is 693 g/mol. The SMILES string of the molecule is CN(C(c1cncc(Br)c1Cl)C1CC1)S(C)(=O)=O.CS(=O)(=O)N=CC1CC1.Clc1ccncc1Br. The summed E-state index contributed by atoms with van der Waals surface area (Å²) in [6, 6.07) is 1.50. The monoisotopic (exact) mass is 690 g/mol. The topological polar surface area (TPSA) is 110 Å². The van der Waals surface area contributed by atoms with Crippen LogP contribution in [-0.4, -0.2) is 56.9 Å². The molecule has 0 aromatic carbocycles. The van der Waals surface area contributed by atoms with Crippen molar-refractivity contribution in [1.82, 2.24) is 14.3 Å². The predicted molar refractivity (Wildman–Crippen MR) is 148 cm³/mol. The average Bonchev–Trinajstić information content (AvgIpc) is 3.66. The van der Waals surface area contributed by atoms with E-state index in [0.717, 1.165) is 42.0 Å². The molecule has 0 spiro atoms. The zero-order valence-corrected chi connectivity index (χ0v) is 25.6. The highest BCUT2D eigenvalue weighted by Crippen LogP contribution is 2.47. The predicted octanol–water partition coefficient (Wildman–Crippen LogP) is 5.76. The van der Waals surface area contributed by atoms with Gasteiger partial charge in [-0.2, -0.15) is 8.70 Å². The van der Waals surface area contributed by atoms with Gasteiger partial charge in [-0.3, -0.25) is 9.97 Å². The molecule has 0 amide bonds. The number of halogens is 4. The van der Waals surface area contributed by atoms with Crippen LogP contribution in [0.3, 0.4) is 0 Å². The minimum absolute atomic E-state index is 0.225. The molecule has 2 saturated carbocycles. The fourth-order valence-electron chi connectivity index (χ4n) is 2.81. The minimum Gasteiger partial charge on any atom is -0.263 e. The largest absolute Gasteiger partial charge is 0.263 e. The van der Waals surface area contributed by atoms with Crippen LogP contribution in [0.1, 0.15) is 37.3 Å². The molecular weight excluding hydrogens is 667 g/mol. The van der Waals surface area contributed by atoms with Crippen LogP contribution in [0.15, 0.2) is 44.2 Å². The Balaban J connectivity index is 0.000000211. The summed E-state index contributed by atoms with van der Waals surface area (Å²) < 4.78 is 50.5. The molecule has 4 rings (SSSR count). The van der Waals surface area contributed by atoms with E-state index in [1.165, 1.54) is 16.8 Å². The second-order valence-corrected chi connectivity index (χ2v) is 14.4. The van der Waals surface area contributed by atoms with Gasteiger partial charge in [0.1, 0.15) is 0 Å². The molecule has 1 unspecified atom stereocenters. The Morgan fingerprint density at radius 2 is 1.63 bits per heavy atom. The van der Waals surface area contributed by atoms with Crippen LogP contribution in [-0.2, 0) is 20.0 Å². The van der Waals surface area contributed by atoms with Gasteiger partial charge in [0.15, 0.2) is 0 Å². The molecule has 0 bridgehead atoms. The fraction of sp³-hybridized carbons (Fsp3) is 0.476. The second kappa shape index (κ2) is 13.3. The Labute approximate surface area is 233 Å². The van der Waals surface area contributed by atoms with E-state index in [0.29, 0.717) is 26.4 Å². The zero-order chi connectivity index (χ0) is 26.4. The molecule has 2 aliphatic carbocycles. The van der Waals surface area contributed by atoms with Crippen LogP contribution < -0.4 is 0 Å². The van der Waals surface area contributed by atoms with Crippen LogP contribution in [0.25, 0.3) is 0 Å². The Bertz CT molecular complexity index is 1230. The van der Waals surface area contributed by atoms with Gasteiger partial charge in [-0.25, -0.2) is 16.8 Å². The molecule has 2 aliphatic rings. The number of hydrogen-bond donors (Lipinski definition) is 0. The van der Waals surface area contributed by atoms with Gasteiger partial charge in [0.05, 0.1) is 37.5 Å². The molecule has 2 aromatic rings. The molecule has 35 heavy (non-hydrogen) atoms. The molecule has 1 atom stereocenters. The molecule has 0 radical (unpaired) electrons. The molecule has 0 aliphatic heterocycles. The van der Waals surface area contributed by atoms with Crippen LogP contribution in [0.5, 0.6) is 0 Å². The number of sulfonamides is 2. The van der Waals surface area contributed by atoms with Crippen molar-refractivity contribution in [3.63, 3.8) is 0 Å². The lowest BCUT2D eigenvalue weighted by molar-refractivity contribution is 0.344. The summed E-state index contributed by atoms with van der Waals surface area (Å²) in [5.74, 6) is 0.776. The third-order valence-electron chi connectivity index (χ3n) is 4.97. The highest BCUT2D eigenvalue weighted by Gasteiger charge is 2.39. The van der Waals surface area contributed by atoms with Crippen molar-refractivity contribution in [1.29, 1.82) is 0 Å². The van der Waals surface area contributed by atoms with E-state index < -0.39 is 20.0 Å².